The number of hydrogen-bond acceptors (Lipinski definition) is 2. The molecule has 1 aromatic carbocycles. The smallest absolute Gasteiger partial charge is 0.322 e. The van der Waals surface area contributed by atoms with E-state index in [1.165, 1.54) is 5.56 Å². The summed E-state index contributed by atoms with van der Waals surface area (Å²) >= 11 is 0. The van der Waals surface area contributed by atoms with Crippen LogP contribution in [0.15, 0.2) is 18.2 Å². The molecule has 1 fully saturated rings. The van der Waals surface area contributed by atoms with Gasteiger partial charge in [0.1, 0.15) is 0 Å². The maximum atomic E-state index is 12.4. The molecule has 0 aliphatic heterocycles. The molecule has 20 heavy (non-hydrogen) atoms. The Morgan fingerprint density at radius 1 is 1.35 bits per heavy atom. The Morgan fingerprint density at radius 2 is 2.10 bits per heavy atom. The number of unbranched alkanes of at least 4 members (excludes halogenated alkanes) is 1. The molecular formula is C16H24N2O2. The van der Waals surface area contributed by atoms with Crippen molar-refractivity contribution in [2.75, 3.05) is 18.5 Å². The fourth-order valence-corrected chi connectivity index (χ4v) is 2.37. The fraction of sp³-hybridized carbons (Fsp3) is 0.562. The lowest BCUT2D eigenvalue weighted by molar-refractivity contribution is 0.204. The molecule has 0 spiro atoms. The average Bonchev–Trinajstić information content (AvgIpc) is 3.22. The number of aryl methyl sites for hydroxylation is 2. The lowest BCUT2D eigenvalue weighted by Crippen LogP contribution is -2.37. The van der Waals surface area contributed by atoms with Crippen LogP contribution in [0.25, 0.3) is 0 Å². The van der Waals surface area contributed by atoms with Gasteiger partial charge in [0.15, 0.2) is 0 Å². The van der Waals surface area contributed by atoms with Gasteiger partial charge >= 0.3 is 6.03 Å². The Labute approximate surface area is 120 Å². The van der Waals surface area contributed by atoms with Crippen molar-refractivity contribution in [1.29, 1.82) is 0 Å². The van der Waals surface area contributed by atoms with Crippen LogP contribution in [-0.2, 0) is 0 Å². The lowest BCUT2D eigenvalue weighted by Gasteiger charge is -2.23. The van der Waals surface area contributed by atoms with Gasteiger partial charge in [-0.15, -0.1) is 0 Å². The van der Waals surface area contributed by atoms with E-state index in [0.717, 1.165) is 43.5 Å². The monoisotopic (exact) mass is 276 g/mol. The molecule has 0 radical (unpaired) electrons. The highest BCUT2D eigenvalue weighted by Gasteiger charge is 2.32. The van der Waals surface area contributed by atoms with E-state index in [1.807, 2.05) is 30.9 Å². The van der Waals surface area contributed by atoms with Crippen molar-refractivity contribution in [3.63, 3.8) is 0 Å². The third kappa shape index (κ3) is 3.97. The summed E-state index contributed by atoms with van der Waals surface area (Å²) in [4.78, 5) is 14.3. The molecule has 0 saturated heterocycles. The number of urea groups is 1. The molecule has 110 valence electrons. The largest absolute Gasteiger partial charge is 0.396 e. The minimum absolute atomic E-state index is 0.0163. The van der Waals surface area contributed by atoms with Gasteiger partial charge in [-0.3, -0.25) is 0 Å². The van der Waals surface area contributed by atoms with Crippen molar-refractivity contribution in [3.05, 3.63) is 29.3 Å². The molecule has 1 aliphatic rings. The van der Waals surface area contributed by atoms with Gasteiger partial charge in [-0.1, -0.05) is 17.7 Å². The first-order valence-corrected chi connectivity index (χ1v) is 7.37. The fourth-order valence-electron chi connectivity index (χ4n) is 2.37. The van der Waals surface area contributed by atoms with Crippen LogP contribution in [0.3, 0.4) is 0 Å². The molecule has 0 heterocycles. The third-order valence-corrected chi connectivity index (χ3v) is 3.68. The molecule has 1 aliphatic carbocycles. The summed E-state index contributed by atoms with van der Waals surface area (Å²) in [7, 11) is 0. The van der Waals surface area contributed by atoms with Gasteiger partial charge in [-0.05, 0) is 51.2 Å². The number of carbonyl (C=O) groups is 1. The van der Waals surface area contributed by atoms with Gasteiger partial charge in [0.05, 0.1) is 0 Å². The molecular weight excluding hydrogens is 252 g/mol. The molecule has 4 heteroatoms. The highest BCUT2D eigenvalue weighted by atomic mass is 16.3. The summed E-state index contributed by atoms with van der Waals surface area (Å²) in [5, 5.41) is 11.9. The van der Waals surface area contributed by atoms with Crippen LogP contribution in [-0.4, -0.2) is 35.2 Å². The second-order valence-corrected chi connectivity index (χ2v) is 5.60. The molecule has 4 nitrogen and oxygen atoms in total. The number of rotatable bonds is 6. The summed E-state index contributed by atoms with van der Waals surface area (Å²) in [5.41, 5.74) is 3.17. The quantitative estimate of drug-likeness (QED) is 0.785. The molecule has 0 bridgehead atoms. The van der Waals surface area contributed by atoms with Crippen molar-refractivity contribution < 1.29 is 9.90 Å². The SMILES string of the molecule is Cc1ccc(NC(=O)N(CCCCO)C2CC2)c(C)c1. The number of aliphatic hydroxyl groups excluding tert-OH is 1. The van der Waals surface area contributed by atoms with Gasteiger partial charge in [0, 0.05) is 24.9 Å². The zero-order chi connectivity index (χ0) is 14.5. The highest BCUT2D eigenvalue weighted by molar-refractivity contribution is 5.90. The van der Waals surface area contributed by atoms with Crippen molar-refractivity contribution in [2.24, 2.45) is 0 Å². The first-order chi connectivity index (χ1) is 9.61. The van der Waals surface area contributed by atoms with E-state index >= 15 is 0 Å². The maximum Gasteiger partial charge on any atom is 0.322 e. The van der Waals surface area contributed by atoms with Crippen molar-refractivity contribution in [1.82, 2.24) is 4.90 Å². The van der Waals surface area contributed by atoms with Crippen LogP contribution in [0.1, 0.15) is 36.8 Å². The number of anilines is 1. The van der Waals surface area contributed by atoms with Crippen LogP contribution >= 0.6 is 0 Å². The number of nitrogens with zero attached hydrogens (tertiary/aromatic N) is 1. The Kier molecular flexibility index (Phi) is 5.01. The number of nitrogens with one attached hydrogen (secondary N) is 1. The number of benzene rings is 1. The average molecular weight is 276 g/mol. The van der Waals surface area contributed by atoms with Gasteiger partial charge in [-0.2, -0.15) is 0 Å². The maximum absolute atomic E-state index is 12.4. The third-order valence-electron chi connectivity index (χ3n) is 3.68. The summed E-state index contributed by atoms with van der Waals surface area (Å²) in [6.07, 6.45) is 3.80. The van der Waals surface area contributed by atoms with Gasteiger partial charge in [0.25, 0.3) is 0 Å². The zero-order valence-corrected chi connectivity index (χ0v) is 12.4. The van der Waals surface area contributed by atoms with Crippen LogP contribution in [0.5, 0.6) is 0 Å². The molecule has 0 unspecified atom stereocenters. The van der Waals surface area contributed by atoms with E-state index < -0.39 is 0 Å². The summed E-state index contributed by atoms with van der Waals surface area (Å²) in [6.45, 7) is 4.97. The predicted molar refractivity (Wildman–Crippen MR) is 81.0 cm³/mol. The van der Waals surface area contributed by atoms with Crippen LogP contribution in [0.4, 0.5) is 10.5 Å². The Morgan fingerprint density at radius 3 is 2.70 bits per heavy atom. The van der Waals surface area contributed by atoms with Gasteiger partial charge < -0.3 is 15.3 Å². The predicted octanol–water partition coefficient (Wildman–Crippen LogP) is 3.07. The molecule has 2 rings (SSSR count). The minimum atomic E-state index is -0.0163. The second kappa shape index (κ2) is 6.75. The van der Waals surface area contributed by atoms with Crippen LogP contribution in [0.2, 0.25) is 0 Å². The number of carbonyl (C=O) groups excluding carboxylic acids is 1. The normalized spacial score (nSPS) is 14.2. The summed E-state index contributed by atoms with van der Waals surface area (Å²) in [6, 6.07) is 6.41. The Hall–Kier alpha value is -1.55. The Balaban J connectivity index is 1.97. The number of aliphatic hydroxyl groups is 1. The topological polar surface area (TPSA) is 52.6 Å². The van der Waals surface area contributed by atoms with Crippen LogP contribution in [0, 0.1) is 13.8 Å². The van der Waals surface area contributed by atoms with Gasteiger partial charge in [-0.25, -0.2) is 4.79 Å². The minimum Gasteiger partial charge on any atom is -0.396 e. The molecule has 0 atom stereocenters. The number of amides is 2. The molecule has 1 aromatic rings. The zero-order valence-electron chi connectivity index (χ0n) is 12.4. The van der Waals surface area contributed by atoms with E-state index in [0.29, 0.717) is 6.04 Å². The number of hydrogen-bond donors (Lipinski definition) is 2. The highest BCUT2D eigenvalue weighted by Crippen LogP contribution is 2.28. The summed E-state index contributed by atoms with van der Waals surface area (Å²) in [5.74, 6) is 0. The first kappa shape index (κ1) is 14.9. The van der Waals surface area contributed by atoms with Crippen molar-refractivity contribution in [2.45, 2.75) is 45.6 Å². The van der Waals surface area contributed by atoms with Crippen molar-refractivity contribution >= 4 is 11.7 Å². The Bertz CT molecular complexity index is 470. The first-order valence-electron chi connectivity index (χ1n) is 7.37. The van der Waals surface area contributed by atoms with Crippen molar-refractivity contribution in [3.8, 4) is 0 Å². The van der Waals surface area contributed by atoms with E-state index in [2.05, 4.69) is 11.4 Å². The molecule has 0 aromatic heterocycles. The van der Waals surface area contributed by atoms with E-state index in [9.17, 15) is 4.79 Å². The van der Waals surface area contributed by atoms with Gasteiger partial charge in [0.2, 0.25) is 0 Å². The van der Waals surface area contributed by atoms with Crippen LogP contribution < -0.4 is 5.32 Å². The molecule has 1 saturated carbocycles. The molecule has 2 amide bonds. The van der Waals surface area contributed by atoms with E-state index in [4.69, 9.17) is 5.11 Å². The van der Waals surface area contributed by atoms with E-state index in [-0.39, 0.29) is 12.6 Å². The lowest BCUT2D eigenvalue weighted by atomic mass is 10.1. The second-order valence-electron chi connectivity index (χ2n) is 5.60. The standard InChI is InChI=1S/C16H24N2O2/c1-12-5-8-15(13(2)11-12)17-16(20)18(14-6-7-14)9-3-4-10-19/h5,8,11,14,19H,3-4,6-7,9-10H2,1-2H3,(H,17,20). The molecule has 2 N–H and O–H groups in total. The summed E-state index contributed by atoms with van der Waals surface area (Å²) < 4.78 is 0. The van der Waals surface area contributed by atoms with E-state index in [1.54, 1.807) is 0 Å².